The number of hydrogen-bond acceptors (Lipinski definition) is 3. The molecule has 0 radical (unpaired) electrons. The summed E-state index contributed by atoms with van der Waals surface area (Å²) in [5, 5.41) is 2.85. The Morgan fingerprint density at radius 1 is 1.48 bits per heavy atom. The van der Waals surface area contributed by atoms with Gasteiger partial charge in [0.1, 0.15) is 5.82 Å². The zero-order valence-electron chi connectivity index (χ0n) is 12.2. The molecule has 0 saturated carbocycles. The molecule has 1 amide bonds. The van der Waals surface area contributed by atoms with Gasteiger partial charge in [-0.3, -0.25) is 4.79 Å². The predicted molar refractivity (Wildman–Crippen MR) is 81.5 cm³/mol. The summed E-state index contributed by atoms with van der Waals surface area (Å²) in [6, 6.07) is 5.46. The van der Waals surface area contributed by atoms with E-state index in [2.05, 4.69) is 22.1 Å². The van der Waals surface area contributed by atoms with E-state index in [4.69, 9.17) is 5.73 Å². The quantitative estimate of drug-likeness (QED) is 0.824. The van der Waals surface area contributed by atoms with Crippen LogP contribution in [0.4, 0.5) is 0 Å². The fourth-order valence-corrected chi connectivity index (χ4v) is 1.87. The van der Waals surface area contributed by atoms with Crippen molar-refractivity contribution >= 4 is 5.91 Å². The van der Waals surface area contributed by atoms with E-state index in [9.17, 15) is 4.79 Å². The van der Waals surface area contributed by atoms with E-state index in [1.54, 1.807) is 18.3 Å². The Kier molecular flexibility index (Phi) is 4.75. The first kappa shape index (κ1) is 14.8. The molecule has 0 atom stereocenters. The van der Waals surface area contributed by atoms with E-state index in [-0.39, 0.29) is 5.91 Å². The van der Waals surface area contributed by atoms with Crippen LogP contribution in [0.2, 0.25) is 0 Å². The van der Waals surface area contributed by atoms with Gasteiger partial charge >= 0.3 is 0 Å². The van der Waals surface area contributed by atoms with E-state index < -0.39 is 0 Å². The topological polar surface area (TPSA) is 72.9 Å². The molecule has 0 spiro atoms. The van der Waals surface area contributed by atoms with Gasteiger partial charge in [0.25, 0.3) is 5.91 Å². The average molecular weight is 282 g/mol. The summed E-state index contributed by atoms with van der Waals surface area (Å²) >= 11 is 0. The van der Waals surface area contributed by atoms with Crippen molar-refractivity contribution in [2.45, 2.75) is 13.5 Å². The van der Waals surface area contributed by atoms with E-state index in [1.807, 2.05) is 30.8 Å². The SMILES string of the molecule is Cc1ccc(C(=O)NCc2nccn2C)cc1C#CCN. The molecule has 0 aliphatic heterocycles. The maximum absolute atomic E-state index is 12.2. The third-order valence-corrected chi connectivity index (χ3v) is 3.15. The van der Waals surface area contributed by atoms with Gasteiger partial charge in [0.2, 0.25) is 0 Å². The van der Waals surface area contributed by atoms with Crippen molar-refractivity contribution in [3.63, 3.8) is 0 Å². The van der Waals surface area contributed by atoms with Crippen LogP contribution >= 0.6 is 0 Å². The molecule has 5 heteroatoms. The first-order chi connectivity index (χ1) is 10.1. The van der Waals surface area contributed by atoms with Gasteiger partial charge in [-0.25, -0.2) is 4.98 Å². The number of hydrogen-bond donors (Lipinski definition) is 2. The molecule has 2 aromatic rings. The van der Waals surface area contributed by atoms with E-state index in [0.29, 0.717) is 18.7 Å². The molecule has 1 aromatic carbocycles. The van der Waals surface area contributed by atoms with Gasteiger partial charge in [0.15, 0.2) is 0 Å². The number of aromatic nitrogens is 2. The van der Waals surface area contributed by atoms with Gasteiger partial charge in [-0.1, -0.05) is 17.9 Å². The number of amides is 1. The Morgan fingerprint density at radius 2 is 2.29 bits per heavy atom. The van der Waals surface area contributed by atoms with Crippen LogP contribution in [0, 0.1) is 18.8 Å². The van der Waals surface area contributed by atoms with Gasteiger partial charge in [-0.15, -0.1) is 0 Å². The first-order valence-corrected chi connectivity index (χ1v) is 6.66. The maximum Gasteiger partial charge on any atom is 0.251 e. The van der Waals surface area contributed by atoms with Gasteiger partial charge in [0, 0.05) is 30.6 Å². The molecule has 0 unspecified atom stereocenters. The zero-order chi connectivity index (χ0) is 15.2. The van der Waals surface area contributed by atoms with Crippen molar-refractivity contribution < 1.29 is 4.79 Å². The van der Waals surface area contributed by atoms with Crippen LogP contribution in [0.1, 0.15) is 27.3 Å². The van der Waals surface area contributed by atoms with E-state index in [1.165, 1.54) is 0 Å². The van der Waals surface area contributed by atoms with E-state index >= 15 is 0 Å². The van der Waals surface area contributed by atoms with Crippen LogP contribution in [-0.4, -0.2) is 22.0 Å². The number of nitrogens with two attached hydrogens (primary N) is 1. The molecule has 3 N–H and O–H groups in total. The summed E-state index contributed by atoms with van der Waals surface area (Å²) in [5.41, 5.74) is 7.81. The van der Waals surface area contributed by atoms with Crippen LogP contribution in [0.3, 0.4) is 0 Å². The minimum atomic E-state index is -0.145. The standard InChI is InChI=1S/C16H18N4O/c1-12-5-6-14(10-13(12)4-3-7-17)16(21)19-11-15-18-8-9-20(15)2/h5-6,8-10H,7,11,17H2,1-2H3,(H,19,21). The van der Waals surface area contributed by atoms with Crippen molar-refractivity contribution in [2.24, 2.45) is 12.8 Å². The van der Waals surface area contributed by atoms with Crippen molar-refractivity contribution in [1.82, 2.24) is 14.9 Å². The number of rotatable bonds is 3. The summed E-state index contributed by atoms with van der Waals surface area (Å²) in [7, 11) is 1.89. The summed E-state index contributed by atoms with van der Waals surface area (Å²) in [5.74, 6) is 6.44. The second-order valence-electron chi connectivity index (χ2n) is 4.67. The number of carbonyl (C=O) groups excluding carboxylic acids is 1. The number of nitrogens with one attached hydrogen (secondary N) is 1. The summed E-state index contributed by atoms with van der Waals surface area (Å²) < 4.78 is 1.87. The second-order valence-corrected chi connectivity index (χ2v) is 4.67. The number of benzene rings is 1. The molecule has 21 heavy (non-hydrogen) atoms. The molecule has 0 aliphatic rings. The average Bonchev–Trinajstić information content (AvgIpc) is 2.89. The van der Waals surface area contributed by atoms with Crippen LogP contribution in [0.15, 0.2) is 30.6 Å². The highest BCUT2D eigenvalue weighted by Crippen LogP contribution is 2.10. The minimum Gasteiger partial charge on any atom is -0.345 e. The molecular weight excluding hydrogens is 264 g/mol. The fourth-order valence-electron chi connectivity index (χ4n) is 1.87. The molecule has 0 saturated heterocycles. The number of imidazole rings is 1. The fraction of sp³-hybridized carbons (Fsp3) is 0.250. The zero-order valence-corrected chi connectivity index (χ0v) is 12.2. The van der Waals surface area contributed by atoms with Crippen molar-refractivity contribution in [1.29, 1.82) is 0 Å². The third-order valence-electron chi connectivity index (χ3n) is 3.15. The lowest BCUT2D eigenvalue weighted by Gasteiger charge is -2.07. The molecule has 1 heterocycles. The van der Waals surface area contributed by atoms with Crippen LogP contribution in [-0.2, 0) is 13.6 Å². The highest BCUT2D eigenvalue weighted by atomic mass is 16.1. The van der Waals surface area contributed by atoms with Crippen molar-refractivity contribution in [2.75, 3.05) is 6.54 Å². The van der Waals surface area contributed by atoms with Gasteiger partial charge in [-0.05, 0) is 24.6 Å². The smallest absolute Gasteiger partial charge is 0.251 e. The van der Waals surface area contributed by atoms with Gasteiger partial charge in [0.05, 0.1) is 13.1 Å². The summed E-state index contributed by atoms with van der Waals surface area (Å²) in [4.78, 5) is 16.3. The van der Waals surface area contributed by atoms with Crippen molar-refractivity contribution in [3.8, 4) is 11.8 Å². The molecule has 0 aliphatic carbocycles. The molecule has 1 aromatic heterocycles. The van der Waals surface area contributed by atoms with E-state index in [0.717, 1.165) is 17.0 Å². The monoisotopic (exact) mass is 282 g/mol. The van der Waals surface area contributed by atoms with Gasteiger partial charge in [-0.2, -0.15) is 0 Å². The normalized spacial score (nSPS) is 9.86. The predicted octanol–water partition coefficient (Wildman–Crippen LogP) is 0.969. The molecule has 2 rings (SSSR count). The number of nitrogens with zero attached hydrogens (tertiary/aromatic N) is 2. The second kappa shape index (κ2) is 6.73. The summed E-state index contributed by atoms with van der Waals surface area (Å²) in [6.45, 7) is 2.64. The molecular formula is C16H18N4O. The van der Waals surface area contributed by atoms with Gasteiger partial charge < -0.3 is 15.6 Å². The lowest BCUT2D eigenvalue weighted by Crippen LogP contribution is -2.24. The maximum atomic E-state index is 12.2. The Balaban J connectivity index is 2.10. The Labute approximate surface area is 124 Å². The van der Waals surface area contributed by atoms with Crippen LogP contribution in [0.5, 0.6) is 0 Å². The third kappa shape index (κ3) is 3.71. The molecule has 0 fully saturated rings. The Hall–Kier alpha value is -2.58. The minimum absolute atomic E-state index is 0.145. The number of aryl methyl sites for hydroxylation is 2. The number of carbonyl (C=O) groups is 1. The highest BCUT2D eigenvalue weighted by Gasteiger charge is 2.08. The van der Waals surface area contributed by atoms with Crippen LogP contribution < -0.4 is 11.1 Å². The first-order valence-electron chi connectivity index (χ1n) is 6.66. The molecule has 0 bridgehead atoms. The molecule has 5 nitrogen and oxygen atoms in total. The molecule has 108 valence electrons. The van der Waals surface area contributed by atoms with Crippen molar-refractivity contribution in [3.05, 3.63) is 53.1 Å². The lowest BCUT2D eigenvalue weighted by molar-refractivity contribution is 0.0949. The highest BCUT2D eigenvalue weighted by molar-refractivity contribution is 5.94. The Morgan fingerprint density at radius 3 is 2.95 bits per heavy atom. The Bertz CT molecular complexity index is 707. The lowest BCUT2D eigenvalue weighted by atomic mass is 10.0. The van der Waals surface area contributed by atoms with Crippen LogP contribution in [0.25, 0.3) is 0 Å². The summed E-state index contributed by atoms with van der Waals surface area (Å²) in [6.07, 6.45) is 3.54. The largest absolute Gasteiger partial charge is 0.345 e.